The van der Waals surface area contributed by atoms with E-state index in [-0.39, 0.29) is 38.9 Å². The summed E-state index contributed by atoms with van der Waals surface area (Å²) in [4.78, 5) is 0. The second kappa shape index (κ2) is 10.3. The highest BCUT2D eigenvalue weighted by atomic mass is 32.1. The van der Waals surface area contributed by atoms with Crippen molar-refractivity contribution in [1.29, 1.82) is 0 Å². The third-order valence-electron chi connectivity index (χ3n) is 14.1. The van der Waals surface area contributed by atoms with Crippen LogP contribution in [0, 0.1) is 57.2 Å². The molecule has 0 amide bonds. The largest absolute Gasteiger partial charge is 0.490 e. The molecule has 5 rings (SSSR count). The molecule has 0 bridgehead atoms. The van der Waals surface area contributed by atoms with Gasteiger partial charge in [-0.05, 0) is 85.5 Å². The molecule has 0 radical (unpaired) electrons. The van der Waals surface area contributed by atoms with Crippen LogP contribution in [0.4, 0.5) is 0 Å². The minimum absolute atomic E-state index is 0.0311. The fourth-order valence-corrected chi connectivity index (χ4v) is 11.1. The van der Waals surface area contributed by atoms with Gasteiger partial charge in [0, 0.05) is 29.2 Å². The molecule has 1 spiro atoms. The maximum Gasteiger partial charge on any atom is 0.122 e. The molecular weight excluding hydrogens is 526 g/mol. The first kappa shape index (κ1) is 31.9. The fourth-order valence-electron chi connectivity index (χ4n) is 10.6. The molecule has 4 unspecified atom stereocenters. The molecule has 4 nitrogen and oxygen atoms in total. The predicted molar refractivity (Wildman–Crippen MR) is 173 cm³/mol. The van der Waals surface area contributed by atoms with Gasteiger partial charge >= 0.3 is 0 Å². The first-order chi connectivity index (χ1) is 19.0. The third kappa shape index (κ3) is 4.24. The van der Waals surface area contributed by atoms with E-state index >= 15 is 0 Å². The minimum atomic E-state index is -0.374. The number of hydrogen-bond acceptors (Lipinski definition) is 5. The van der Waals surface area contributed by atoms with E-state index < -0.39 is 0 Å². The molecule has 1 aliphatic heterocycles. The van der Waals surface area contributed by atoms with Crippen molar-refractivity contribution in [2.45, 2.75) is 119 Å². The summed E-state index contributed by atoms with van der Waals surface area (Å²) in [6.07, 6.45) is 11.3. The van der Waals surface area contributed by atoms with E-state index in [9.17, 15) is 0 Å². The van der Waals surface area contributed by atoms with Crippen molar-refractivity contribution in [1.82, 2.24) is 0 Å². The molecule has 5 aliphatic rings. The molecule has 1 saturated heterocycles. The summed E-state index contributed by atoms with van der Waals surface area (Å²) >= 11 is 4.85. The van der Waals surface area contributed by atoms with E-state index in [1.807, 2.05) is 7.11 Å². The van der Waals surface area contributed by atoms with Gasteiger partial charge in [-0.2, -0.15) is 12.6 Å². The Balaban J connectivity index is 1.46. The van der Waals surface area contributed by atoms with Crippen molar-refractivity contribution < 1.29 is 14.2 Å². The van der Waals surface area contributed by atoms with Gasteiger partial charge in [-0.25, -0.2) is 0 Å². The Kier molecular flexibility index (Phi) is 8.00. The molecule has 0 aromatic rings. The molecule has 41 heavy (non-hydrogen) atoms. The van der Waals surface area contributed by atoms with Crippen molar-refractivity contribution in [2.24, 2.45) is 62.9 Å². The summed E-state index contributed by atoms with van der Waals surface area (Å²) in [5.41, 5.74) is 8.45. The van der Waals surface area contributed by atoms with Gasteiger partial charge in [0.1, 0.15) is 11.4 Å². The van der Waals surface area contributed by atoms with Crippen LogP contribution in [0.2, 0.25) is 0 Å². The van der Waals surface area contributed by atoms with E-state index in [0.29, 0.717) is 54.5 Å². The zero-order valence-corrected chi connectivity index (χ0v) is 29.0. The summed E-state index contributed by atoms with van der Waals surface area (Å²) in [5, 5.41) is 0. The molecule has 234 valence electrons. The van der Waals surface area contributed by atoms with E-state index in [1.54, 1.807) is 5.57 Å². The van der Waals surface area contributed by atoms with E-state index in [4.69, 9.17) is 32.6 Å². The van der Waals surface area contributed by atoms with E-state index in [0.717, 1.165) is 6.42 Å². The Morgan fingerprint density at radius 1 is 1.07 bits per heavy atom. The SMILES string of the molecule is COC[C@](C)(C(CS)OC[C@](C)(N)C(C)C)C1CCC2C(=CC[C@]34C=C5O[C@]([C@H](C)C(C)C)(CCC23C)[C@@H]54)C1(C)C. The Hall–Kier alpha value is -0.490. The van der Waals surface area contributed by atoms with Crippen LogP contribution >= 0.6 is 12.6 Å². The highest BCUT2D eigenvalue weighted by Crippen LogP contribution is 2.80. The van der Waals surface area contributed by atoms with Gasteiger partial charge in [-0.1, -0.05) is 74.0 Å². The van der Waals surface area contributed by atoms with Crippen LogP contribution in [-0.4, -0.2) is 43.3 Å². The number of allylic oxidation sites excluding steroid dienone is 3. The van der Waals surface area contributed by atoms with Crippen molar-refractivity contribution in [3.05, 3.63) is 23.5 Å². The van der Waals surface area contributed by atoms with Crippen LogP contribution in [0.5, 0.6) is 0 Å². The second-order valence-electron chi connectivity index (χ2n) is 16.9. The van der Waals surface area contributed by atoms with Crippen LogP contribution in [0.25, 0.3) is 0 Å². The fraction of sp³-hybridized carbons (Fsp3) is 0.889. The van der Waals surface area contributed by atoms with Crippen LogP contribution in [0.15, 0.2) is 23.5 Å². The number of hydrogen-bond donors (Lipinski definition) is 2. The molecule has 0 aromatic heterocycles. The number of nitrogens with two attached hydrogens (primary N) is 1. The average Bonchev–Trinajstić information content (AvgIpc) is 2.86. The molecule has 3 fully saturated rings. The maximum absolute atomic E-state index is 6.71. The van der Waals surface area contributed by atoms with Crippen molar-refractivity contribution in [3.63, 3.8) is 0 Å². The molecule has 5 heteroatoms. The maximum atomic E-state index is 6.71. The Morgan fingerprint density at radius 2 is 1.76 bits per heavy atom. The van der Waals surface area contributed by atoms with Crippen LogP contribution in [0.1, 0.15) is 101 Å². The van der Waals surface area contributed by atoms with Gasteiger partial charge in [0.15, 0.2) is 0 Å². The van der Waals surface area contributed by atoms with Gasteiger partial charge in [0.2, 0.25) is 0 Å². The minimum Gasteiger partial charge on any atom is -0.490 e. The van der Waals surface area contributed by atoms with Crippen LogP contribution in [0.3, 0.4) is 0 Å². The van der Waals surface area contributed by atoms with Gasteiger partial charge in [-0.15, -0.1) is 0 Å². The van der Waals surface area contributed by atoms with E-state index in [2.05, 4.69) is 81.4 Å². The topological polar surface area (TPSA) is 53.7 Å². The summed E-state index contributed by atoms with van der Waals surface area (Å²) < 4.78 is 19.4. The highest BCUT2D eigenvalue weighted by Gasteiger charge is 2.78. The number of thiol groups is 1. The molecule has 1 heterocycles. The van der Waals surface area contributed by atoms with Crippen molar-refractivity contribution in [3.8, 4) is 0 Å². The number of ether oxygens (including phenoxy) is 3. The van der Waals surface area contributed by atoms with E-state index in [1.165, 1.54) is 31.4 Å². The zero-order chi connectivity index (χ0) is 30.4. The molecule has 2 saturated carbocycles. The van der Waals surface area contributed by atoms with Gasteiger partial charge < -0.3 is 19.9 Å². The highest BCUT2D eigenvalue weighted by molar-refractivity contribution is 7.80. The average molecular weight is 588 g/mol. The molecular formula is C36H61NO3S. The Labute approximate surface area is 257 Å². The van der Waals surface area contributed by atoms with Crippen molar-refractivity contribution >= 4 is 12.6 Å². The Morgan fingerprint density at radius 3 is 2.32 bits per heavy atom. The summed E-state index contributed by atoms with van der Waals surface area (Å²) in [7, 11) is 1.84. The monoisotopic (exact) mass is 587 g/mol. The lowest BCUT2D eigenvalue weighted by Crippen LogP contribution is -2.75. The standard InChI is InChI=1S/C36H61NO3S/c1-22(2)24(5)36-17-16-33(9)26-12-13-28(31(6,7)25(26)14-15-35(33)18-27(40-36)30(35)36)32(8,20-38-11)29(19-41)39-21-34(10,37)23(3)4/h14,18,22-24,26,28-30,41H,12-13,15-17,19-21,37H2,1-11H3/t24-,26?,28?,29?,30+,32+,33?,34+,35-,36+/m1/s1. The zero-order valence-electron chi connectivity index (χ0n) is 28.1. The summed E-state index contributed by atoms with van der Waals surface area (Å²) in [6, 6.07) is 0. The lowest BCUT2D eigenvalue weighted by molar-refractivity contribution is -0.302. The first-order valence-electron chi connectivity index (χ1n) is 16.6. The van der Waals surface area contributed by atoms with Crippen molar-refractivity contribution in [2.75, 3.05) is 26.1 Å². The lowest BCUT2D eigenvalue weighted by Gasteiger charge is -2.77. The normalized spacial score (nSPS) is 41.2. The second-order valence-corrected chi connectivity index (χ2v) is 17.2. The first-order valence-corrected chi connectivity index (χ1v) is 17.2. The summed E-state index contributed by atoms with van der Waals surface area (Å²) in [5.74, 6) is 5.19. The quantitative estimate of drug-likeness (QED) is 0.190. The molecule has 10 atom stereocenters. The lowest BCUT2D eigenvalue weighted by atomic mass is 9.32. The molecule has 0 aromatic carbocycles. The molecule has 2 N–H and O–H groups in total. The summed E-state index contributed by atoms with van der Waals surface area (Å²) in [6.45, 7) is 24.9. The van der Waals surface area contributed by atoms with Crippen LogP contribution < -0.4 is 5.73 Å². The smallest absolute Gasteiger partial charge is 0.122 e. The van der Waals surface area contributed by atoms with Crippen LogP contribution in [-0.2, 0) is 14.2 Å². The van der Waals surface area contributed by atoms with Gasteiger partial charge in [0.25, 0.3) is 0 Å². The Bertz CT molecular complexity index is 1080. The molecule has 4 aliphatic carbocycles. The van der Waals surface area contributed by atoms with Gasteiger partial charge in [-0.3, -0.25) is 0 Å². The predicted octanol–water partition coefficient (Wildman–Crippen LogP) is 8.07. The number of fused-ring (bicyclic) bond motifs is 2. The number of rotatable bonds is 11. The number of methoxy groups -OCH3 is 1. The van der Waals surface area contributed by atoms with Gasteiger partial charge in [0.05, 0.1) is 25.2 Å². The third-order valence-corrected chi connectivity index (χ3v) is 14.4.